The third kappa shape index (κ3) is 3.15. The van der Waals surface area contributed by atoms with Gasteiger partial charge in [-0.2, -0.15) is 8.42 Å². The summed E-state index contributed by atoms with van der Waals surface area (Å²) in [6, 6.07) is 5.20. The maximum Gasteiger partial charge on any atom is 0.278 e. The molecule has 1 heterocycles. The molecule has 1 aromatic carbocycles. The summed E-state index contributed by atoms with van der Waals surface area (Å²) in [5.74, 6) is 0.448. The van der Waals surface area contributed by atoms with E-state index >= 15 is 0 Å². The van der Waals surface area contributed by atoms with E-state index in [2.05, 4.69) is 14.7 Å². The first-order valence-corrected chi connectivity index (χ1v) is 8.39. The third-order valence-corrected chi connectivity index (χ3v) is 4.59. The molecule has 2 rings (SSSR count). The van der Waals surface area contributed by atoms with Gasteiger partial charge in [0.2, 0.25) is 10.0 Å². The number of hydrogen-bond donors (Lipinski definition) is 3. The van der Waals surface area contributed by atoms with Gasteiger partial charge in [0.1, 0.15) is 5.82 Å². The molecule has 8 nitrogen and oxygen atoms in total. The number of nitrogens with two attached hydrogens (primary N) is 1. The van der Waals surface area contributed by atoms with E-state index in [0.29, 0.717) is 5.82 Å². The third-order valence-electron chi connectivity index (χ3n) is 2.38. The van der Waals surface area contributed by atoms with E-state index < -0.39 is 20.0 Å². The summed E-state index contributed by atoms with van der Waals surface area (Å²) in [5, 5.41) is 4.87. The maximum absolute atomic E-state index is 12.0. The van der Waals surface area contributed by atoms with E-state index in [9.17, 15) is 16.8 Å². The molecule has 4 N–H and O–H groups in total. The molecule has 10 heteroatoms. The highest BCUT2D eigenvalue weighted by Crippen LogP contribution is 2.17. The van der Waals surface area contributed by atoms with Gasteiger partial charge in [-0.05, 0) is 25.1 Å². The molecule has 0 amide bonds. The fraction of sp³-hybridized carbons (Fsp3) is 0.100. The molecule has 0 aliphatic heterocycles. The smallest absolute Gasteiger partial charge is 0.278 e. The lowest BCUT2D eigenvalue weighted by atomic mass is 10.3. The number of H-pyrrole nitrogens is 1. The largest absolute Gasteiger partial charge is 0.332 e. The lowest BCUT2D eigenvalue weighted by Gasteiger charge is -2.07. The number of sulfonamides is 2. The van der Waals surface area contributed by atoms with Crippen molar-refractivity contribution < 1.29 is 16.8 Å². The average Bonchev–Trinajstić information content (AvgIpc) is 2.75. The van der Waals surface area contributed by atoms with Gasteiger partial charge in [0.05, 0.1) is 16.8 Å². The van der Waals surface area contributed by atoms with E-state index in [0.717, 1.165) is 6.07 Å². The minimum atomic E-state index is -3.90. The lowest BCUT2D eigenvalue weighted by molar-refractivity contribution is 0.595. The molecule has 0 spiro atoms. The summed E-state index contributed by atoms with van der Waals surface area (Å²) in [5.41, 5.74) is 0.0868. The van der Waals surface area contributed by atoms with E-state index in [4.69, 9.17) is 5.14 Å². The van der Waals surface area contributed by atoms with Gasteiger partial charge in [0.15, 0.2) is 5.03 Å². The maximum atomic E-state index is 12.0. The van der Waals surface area contributed by atoms with E-state index in [1.54, 1.807) is 6.92 Å². The number of nitrogens with one attached hydrogen (secondary N) is 2. The second-order valence-corrected chi connectivity index (χ2v) is 7.22. The van der Waals surface area contributed by atoms with Crippen molar-refractivity contribution in [1.29, 1.82) is 0 Å². The molecule has 0 saturated heterocycles. The van der Waals surface area contributed by atoms with Gasteiger partial charge in [0.25, 0.3) is 10.0 Å². The zero-order valence-electron chi connectivity index (χ0n) is 10.4. The Hall–Kier alpha value is -1.91. The monoisotopic (exact) mass is 316 g/mol. The SMILES string of the molecule is Cc1ncc(S(=O)(=O)Nc2cccc(S(N)(=O)=O)c2)[nH]1. The molecular formula is C10H12N4O4S2. The molecule has 0 fully saturated rings. The zero-order chi connectivity index (χ0) is 15.0. The Morgan fingerprint density at radius 2 is 1.95 bits per heavy atom. The quantitative estimate of drug-likeness (QED) is 0.738. The second kappa shape index (κ2) is 4.89. The Balaban J connectivity index is 2.35. The number of nitrogens with zero attached hydrogens (tertiary/aromatic N) is 1. The fourth-order valence-electron chi connectivity index (χ4n) is 1.48. The summed E-state index contributed by atoms with van der Waals surface area (Å²) >= 11 is 0. The topological polar surface area (TPSA) is 135 Å². The zero-order valence-corrected chi connectivity index (χ0v) is 12.0. The second-order valence-electron chi connectivity index (χ2n) is 4.01. The summed E-state index contributed by atoms with van der Waals surface area (Å²) in [4.78, 5) is 6.19. The Bertz CT molecular complexity index is 840. The van der Waals surface area contributed by atoms with Crippen LogP contribution in [0.3, 0.4) is 0 Å². The first-order chi connectivity index (χ1) is 9.18. The molecular weight excluding hydrogens is 304 g/mol. The highest BCUT2D eigenvalue weighted by atomic mass is 32.2. The minimum absolute atomic E-state index is 0.0868. The standard InChI is InChI=1S/C10H12N4O4S2/c1-7-12-6-10(13-7)20(17,18)14-8-3-2-4-9(5-8)19(11,15)16/h2-6,14H,1H3,(H,12,13)(H2,11,15,16). The van der Waals surface area contributed by atoms with Crippen LogP contribution in [0.1, 0.15) is 5.82 Å². The molecule has 108 valence electrons. The van der Waals surface area contributed by atoms with Crippen LogP contribution in [0.15, 0.2) is 40.4 Å². The molecule has 0 unspecified atom stereocenters. The van der Waals surface area contributed by atoms with Crippen LogP contribution >= 0.6 is 0 Å². The van der Waals surface area contributed by atoms with Crippen LogP contribution in [0.25, 0.3) is 0 Å². The van der Waals surface area contributed by atoms with Crippen LogP contribution in [0, 0.1) is 6.92 Å². The van der Waals surface area contributed by atoms with Crippen molar-refractivity contribution in [1.82, 2.24) is 9.97 Å². The normalized spacial score (nSPS) is 12.3. The van der Waals surface area contributed by atoms with Crippen molar-refractivity contribution in [2.75, 3.05) is 4.72 Å². The van der Waals surface area contributed by atoms with Crippen LogP contribution in [-0.2, 0) is 20.0 Å². The van der Waals surface area contributed by atoms with Gasteiger partial charge in [-0.1, -0.05) is 6.07 Å². The molecule has 0 saturated carbocycles. The number of aromatic nitrogens is 2. The molecule has 0 bridgehead atoms. The van der Waals surface area contributed by atoms with Crippen molar-refractivity contribution in [2.24, 2.45) is 5.14 Å². The van der Waals surface area contributed by atoms with Gasteiger partial charge in [-0.15, -0.1) is 0 Å². The van der Waals surface area contributed by atoms with E-state index in [1.807, 2.05) is 0 Å². The van der Waals surface area contributed by atoms with Crippen LogP contribution in [0.5, 0.6) is 0 Å². The van der Waals surface area contributed by atoms with E-state index in [-0.39, 0.29) is 15.6 Å². The molecule has 0 aliphatic rings. The number of primary sulfonamides is 1. The number of aromatic amines is 1. The van der Waals surface area contributed by atoms with Gasteiger partial charge in [-0.25, -0.2) is 18.5 Å². The minimum Gasteiger partial charge on any atom is -0.332 e. The van der Waals surface area contributed by atoms with Crippen LogP contribution in [-0.4, -0.2) is 26.8 Å². The predicted octanol–water partition coefficient (Wildman–Crippen LogP) is 0.166. The van der Waals surface area contributed by atoms with Crippen LogP contribution < -0.4 is 9.86 Å². The Morgan fingerprint density at radius 1 is 1.25 bits per heavy atom. The first kappa shape index (κ1) is 14.5. The number of hydrogen-bond acceptors (Lipinski definition) is 5. The average molecular weight is 316 g/mol. The fourth-order valence-corrected chi connectivity index (χ4v) is 3.06. The molecule has 0 aliphatic carbocycles. The predicted molar refractivity (Wildman–Crippen MR) is 71.9 cm³/mol. The number of benzene rings is 1. The van der Waals surface area contributed by atoms with Gasteiger partial charge < -0.3 is 4.98 Å². The van der Waals surface area contributed by atoms with Crippen molar-refractivity contribution in [3.63, 3.8) is 0 Å². The Kier molecular flexibility index (Phi) is 3.54. The summed E-state index contributed by atoms with van der Waals surface area (Å²) in [7, 11) is -7.75. The van der Waals surface area contributed by atoms with E-state index in [1.165, 1.54) is 24.4 Å². The lowest BCUT2D eigenvalue weighted by Crippen LogP contribution is -2.15. The number of imidazole rings is 1. The molecule has 1 aromatic heterocycles. The Labute approximate surface area is 116 Å². The Morgan fingerprint density at radius 3 is 2.50 bits per heavy atom. The van der Waals surface area contributed by atoms with Crippen molar-refractivity contribution in [2.45, 2.75) is 16.8 Å². The van der Waals surface area contributed by atoms with Gasteiger partial charge in [0, 0.05) is 0 Å². The van der Waals surface area contributed by atoms with Crippen molar-refractivity contribution >= 4 is 25.7 Å². The molecule has 2 aromatic rings. The summed E-state index contributed by atoms with van der Waals surface area (Å²) < 4.78 is 48.7. The molecule has 20 heavy (non-hydrogen) atoms. The van der Waals surface area contributed by atoms with Crippen LogP contribution in [0.4, 0.5) is 5.69 Å². The highest BCUT2D eigenvalue weighted by Gasteiger charge is 2.17. The number of anilines is 1. The highest BCUT2D eigenvalue weighted by molar-refractivity contribution is 7.92. The van der Waals surface area contributed by atoms with Crippen LogP contribution in [0.2, 0.25) is 0 Å². The van der Waals surface area contributed by atoms with Gasteiger partial charge >= 0.3 is 0 Å². The summed E-state index contributed by atoms with van der Waals surface area (Å²) in [6.07, 6.45) is 1.17. The number of rotatable bonds is 4. The first-order valence-electron chi connectivity index (χ1n) is 5.36. The summed E-state index contributed by atoms with van der Waals surface area (Å²) in [6.45, 7) is 1.61. The van der Waals surface area contributed by atoms with Gasteiger partial charge in [-0.3, -0.25) is 4.72 Å². The molecule has 0 atom stereocenters. The molecule has 0 radical (unpaired) electrons. The van der Waals surface area contributed by atoms with Crippen molar-refractivity contribution in [3.8, 4) is 0 Å². The van der Waals surface area contributed by atoms with Crippen molar-refractivity contribution in [3.05, 3.63) is 36.3 Å². The number of aryl methyl sites for hydroxylation is 1.